The maximum Gasteiger partial charge on any atom is 0.410 e. The molecule has 0 radical (unpaired) electrons. The highest BCUT2D eigenvalue weighted by atomic mass is 16.6. The van der Waals surface area contributed by atoms with Crippen LogP contribution < -0.4 is 0 Å². The number of carbonyl (C=O) groups is 1. The second-order valence-corrected chi connectivity index (χ2v) is 7.19. The molecule has 4 nitrogen and oxygen atoms in total. The maximum atomic E-state index is 12.1. The number of nitrogens with zero attached hydrogens (tertiary/aromatic N) is 1. The summed E-state index contributed by atoms with van der Waals surface area (Å²) in [5.41, 5.74) is -0.716. The summed E-state index contributed by atoms with van der Waals surface area (Å²) in [6.45, 7) is 12.2. The van der Waals surface area contributed by atoms with Crippen LogP contribution in [-0.2, 0) is 4.74 Å². The molecule has 1 rings (SSSR count). The van der Waals surface area contributed by atoms with Gasteiger partial charge in [0.25, 0.3) is 0 Å². The van der Waals surface area contributed by atoms with E-state index >= 15 is 0 Å². The van der Waals surface area contributed by atoms with Crippen molar-refractivity contribution < 1.29 is 14.6 Å². The van der Waals surface area contributed by atoms with E-state index in [0.29, 0.717) is 6.54 Å². The van der Waals surface area contributed by atoms with E-state index in [1.807, 2.05) is 41.5 Å². The van der Waals surface area contributed by atoms with Crippen molar-refractivity contribution in [3.05, 3.63) is 0 Å². The van der Waals surface area contributed by atoms with Crippen molar-refractivity contribution in [2.45, 2.75) is 72.1 Å². The van der Waals surface area contributed by atoms with Crippen molar-refractivity contribution in [2.24, 2.45) is 5.41 Å². The number of likely N-dealkylation sites (tertiary alicyclic amines) is 1. The SMILES string of the molecule is CC(C)(C)OC(=O)N1CCCC1C(O)C(C)(C)C. The fourth-order valence-corrected chi connectivity index (χ4v) is 2.25. The smallest absolute Gasteiger partial charge is 0.410 e. The Labute approximate surface area is 110 Å². The summed E-state index contributed by atoms with van der Waals surface area (Å²) in [7, 11) is 0. The molecule has 1 N–H and O–H groups in total. The molecule has 18 heavy (non-hydrogen) atoms. The molecule has 1 aliphatic heterocycles. The molecular weight excluding hydrogens is 230 g/mol. The average molecular weight is 257 g/mol. The zero-order valence-electron chi connectivity index (χ0n) is 12.5. The zero-order valence-corrected chi connectivity index (χ0v) is 12.5. The van der Waals surface area contributed by atoms with Gasteiger partial charge in [0.15, 0.2) is 0 Å². The minimum Gasteiger partial charge on any atom is -0.444 e. The van der Waals surface area contributed by atoms with Crippen molar-refractivity contribution in [1.82, 2.24) is 4.90 Å². The van der Waals surface area contributed by atoms with Gasteiger partial charge in [-0.15, -0.1) is 0 Å². The largest absolute Gasteiger partial charge is 0.444 e. The molecule has 1 aliphatic rings. The molecule has 0 spiro atoms. The first-order valence-electron chi connectivity index (χ1n) is 6.70. The third-order valence-electron chi connectivity index (χ3n) is 3.18. The Hall–Kier alpha value is -0.770. The Kier molecular flexibility index (Phi) is 4.31. The zero-order chi connectivity index (χ0) is 14.1. The first kappa shape index (κ1) is 15.3. The van der Waals surface area contributed by atoms with Crippen LogP contribution >= 0.6 is 0 Å². The molecule has 0 saturated carbocycles. The number of hydrogen-bond donors (Lipinski definition) is 1. The molecule has 106 valence electrons. The topological polar surface area (TPSA) is 49.8 Å². The molecule has 2 atom stereocenters. The van der Waals surface area contributed by atoms with Crippen LogP contribution in [0, 0.1) is 5.41 Å². The number of ether oxygens (including phenoxy) is 1. The Morgan fingerprint density at radius 3 is 2.28 bits per heavy atom. The molecule has 1 saturated heterocycles. The molecule has 1 amide bonds. The molecule has 0 aromatic heterocycles. The number of carbonyl (C=O) groups excluding carboxylic acids is 1. The lowest BCUT2D eigenvalue weighted by molar-refractivity contribution is -0.0231. The third-order valence-corrected chi connectivity index (χ3v) is 3.18. The van der Waals surface area contributed by atoms with E-state index < -0.39 is 11.7 Å². The summed E-state index contributed by atoms with van der Waals surface area (Å²) < 4.78 is 5.39. The van der Waals surface area contributed by atoms with Crippen LogP contribution in [0.3, 0.4) is 0 Å². The number of aliphatic hydroxyl groups is 1. The van der Waals surface area contributed by atoms with Crippen molar-refractivity contribution >= 4 is 6.09 Å². The Morgan fingerprint density at radius 2 is 1.83 bits per heavy atom. The lowest BCUT2D eigenvalue weighted by Crippen LogP contribution is -2.49. The van der Waals surface area contributed by atoms with E-state index in [1.165, 1.54) is 0 Å². The van der Waals surface area contributed by atoms with Gasteiger partial charge in [0.1, 0.15) is 5.60 Å². The number of hydrogen-bond acceptors (Lipinski definition) is 3. The highest BCUT2D eigenvalue weighted by Crippen LogP contribution is 2.31. The minimum atomic E-state index is -0.521. The lowest BCUT2D eigenvalue weighted by atomic mass is 9.84. The Bertz CT molecular complexity index is 301. The minimum absolute atomic E-state index is 0.125. The summed E-state index contributed by atoms with van der Waals surface area (Å²) in [5, 5.41) is 10.4. The van der Waals surface area contributed by atoms with Crippen LogP contribution in [0.2, 0.25) is 0 Å². The third kappa shape index (κ3) is 3.87. The van der Waals surface area contributed by atoms with Crippen molar-refractivity contribution in [1.29, 1.82) is 0 Å². The summed E-state index contributed by atoms with van der Waals surface area (Å²) in [6.07, 6.45) is 0.940. The molecular formula is C14H27NO3. The number of aliphatic hydroxyl groups excluding tert-OH is 1. The van der Waals surface area contributed by atoms with Crippen molar-refractivity contribution in [2.75, 3.05) is 6.54 Å². The van der Waals surface area contributed by atoms with E-state index in [1.54, 1.807) is 4.90 Å². The summed E-state index contributed by atoms with van der Waals surface area (Å²) in [6, 6.07) is -0.125. The van der Waals surface area contributed by atoms with Gasteiger partial charge < -0.3 is 14.7 Å². The van der Waals surface area contributed by atoms with Crippen LogP contribution in [-0.4, -0.2) is 40.4 Å². The second kappa shape index (κ2) is 5.08. The van der Waals surface area contributed by atoms with Crippen molar-refractivity contribution in [3.63, 3.8) is 0 Å². The van der Waals surface area contributed by atoms with Crippen LogP contribution in [0.1, 0.15) is 54.4 Å². The summed E-state index contributed by atoms with van der Waals surface area (Å²) in [4.78, 5) is 13.8. The van der Waals surface area contributed by atoms with Gasteiger partial charge >= 0.3 is 6.09 Å². The highest BCUT2D eigenvalue weighted by molar-refractivity contribution is 5.69. The van der Waals surface area contributed by atoms with Crippen LogP contribution in [0.4, 0.5) is 4.79 Å². The quantitative estimate of drug-likeness (QED) is 0.786. The fraction of sp³-hybridized carbons (Fsp3) is 0.929. The monoisotopic (exact) mass is 257 g/mol. The average Bonchev–Trinajstić information content (AvgIpc) is 2.60. The van der Waals surface area contributed by atoms with E-state index in [9.17, 15) is 9.90 Å². The molecule has 0 aromatic carbocycles. The van der Waals surface area contributed by atoms with Crippen LogP contribution in [0.5, 0.6) is 0 Å². The van der Waals surface area contributed by atoms with E-state index in [0.717, 1.165) is 12.8 Å². The lowest BCUT2D eigenvalue weighted by Gasteiger charge is -2.36. The summed E-state index contributed by atoms with van der Waals surface area (Å²) in [5.74, 6) is 0. The van der Waals surface area contributed by atoms with Crippen molar-refractivity contribution in [3.8, 4) is 0 Å². The fourth-order valence-electron chi connectivity index (χ4n) is 2.25. The van der Waals surface area contributed by atoms with E-state index in [4.69, 9.17) is 4.74 Å². The van der Waals surface area contributed by atoms with Gasteiger partial charge in [0, 0.05) is 6.54 Å². The van der Waals surface area contributed by atoms with Gasteiger partial charge in [-0.05, 0) is 39.0 Å². The van der Waals surface area contributed by atoms with Gasteiger partial charge in [0.2, 0.25) is 0 Å². The first-order valence-corrected chi connectivity index (χ1v) is 6.70. The highest BCUT2D eigenvalue weighted by Gasteiger charge is 2.40. The van der Waals surface area contributed by atoms with Gasteiger partial charge in [0.05, 0.1) is 12.1 Å². The molecule has 1 fully saturated rings. The van der Waals surface area contributed by atoms with Crippen LogP contribution in [0.15, 0.2) is 0 Å². The second-order valence-electron chi connectivity index (χ2n) is 7.19. The molecule has 2 unspecified atom stereocenters. The molecule has 0 bridgehead atoms. The normalized spacial score (nSPS) is 23.1. The first-order chi connectivity index (χ1) is 8.02. The predicted molar refractivity (Wildman–Crippen MR) is 71.4 cm³/mol. The van der Waals surface area contributed by atoms with Gasteiger partial charge in [-0.2, -0.15) is 0 Å². The van der Waals surface area contributed by atoms with Gasteiger partial charge in [-0.25, -0.2) is 4.79 Å². The standard InChI is InChI=1S/C14H27NO3/c1-13(2,3)11(16)10-8-7-9-15(10)12(17)18-14(4,5)6/h10-11,16H,7-9H2,1-6H3. The van der Waals surface area contributed by atoms with Crippen LogP contribution in [0.25, 0.3) is 0 Å². The molecule has 1 heterocycles. The Balaban J connectivity index is 2.74. The maximum absolute atomic E-state index is 12.1. The van der Waals surface area contributed by atoms with Gasteiger partial charge in [-0.3, -0.25) is 0 Å². The number of amides is 1. The number of rotatable bonds is 1. The molecule has 0 aliphatic carbocycles. The predicted octanol–water partition coefficient (Wildman–Crippen LogP) is 2.79. The van der Waals surface area contributed by atoms with E-state index in [-0.39, 0.29) is 17.6 Å². The van der Waals surface area contributed by atoms with Gasteiger partial charge in [-0.1, -0.05) is 20.8 Å². The Morgan fingerprint density at radius 1 is 1.28 bits per heavy atom. The summed E-state index contributed by atoms with van der Waals surface area (Å²) >= 11 is 0. The molecule has 0 aromatic rings. The van der Waals surface area contributed by atoms with E-state index in [2.05, 4.69) is 0 Å². The molecule has 4 heteroatoms.